The van der Waals surface area contributed by atoms with Crippen molar-refractivity contribution in [3.05, 3.63) is 78.5 Å². The van der Waals surface area contributed by atoms with E-state index in [1.807, 2.05) is 99.6 Å². The van der Waals surface area contributed by atoms with Crippen molar-refractivity contribution in [2.45, 2.75) is 19.9 Å². The third-order valence-corrected chi connectivity index (χ3v) is 4.40. The van der Waals surface area contributed by atoms with Crippen LogP contribution in [-0.2, 0) is 0 Å². The van der Waals surface area contributed by atoms with Gasteiger partial charge in [-0.05, 0) is 62.4 Å². The van der Waals surface area contributed by atoms with Gasteiger partial charge in [-0.1, -0.05) is 18.2 Å². The summed E-state index contributed by atoms with van der Waals surface area (Å²) in [5.41, 5.74) is 3.43. The summed E-state index contributed by atoms with van der Waals surface area (Å²) in [7, 11) is 3.85. The molecule has 0 spiro atoms. The molecule has 0 bridgehead atoms. The lowest BCUT2D eigenvalue weighted by molar-refractivity contribution is 0.0980. The number of anilines is 4. The topological polar surface area (TPSA) is 48.5 Å². The highest BCUT2D eigenvalue weighted by atomic mass is 16.2. The summed E-state index contributed by atoms with van der Waals surface area (Å²) < 4.78 is 0. The van der Waals surface area contributed by atoms with Gasteiger partial charge in [-0.2, -0.15) is 0 Å². The number of para-hydroxylation sites is 1. The number of carbonyl (C=O) groups excluding carboxylic acids is 1. The minimum atomic E-state index is -0.0587. The molecule has 5 nitrogen and oxygen atoms in total. The van der Waals surface area contributed by atoms with Crippen LogP contribution in [0.4, 0.5) is 22.9 Å². The molecule has 1 heterocycles. The molecule has 0 saturated carbocycles. The van der Waals surface area contributed by atoms with E-state index in [4.69, 9.17) is 0 Å². The van der Waals surface area contributed by atoms with E-state index in [1.165, 1.54) is 0 Å². The van der Waals surface area contributed by atoms with Crippen LogP contribution in [0.5, 0.6) is 0 Å². The van der Waals surface area contributed by atoms with Crippen LogP contribution in [0.25, 0.3) is 0 Å². The summed E-state index contributed by atoms with van der Waals surface area (Å²) in [5, 5.41) is 3.36. The lowest BCUT2D eigenvalue weighted by Gasteiger charge is -2.27. The van der Waals surface area contributed by atoms with Crippen LogP contribution < -0.4 is 15.1 Å². The van der Waals surface area contributed by atoms with E-state index in [1.54, 1.807) is 11.1 Å². The van der Waals surface area contributed by atoms with Gasteiger partial charge >= 0.3 is 0 Å². The normalized spacial score (nSPS) is 10.6. The summed E-state index contributed by atoms with van der Waals surface area (Å²) in [6.07, 6.45) is 1.64. The molecule has 3 rings (SSSR count). The molecule has 2 aromatic carbocycles. The number of pyridine rings is 1. The van der Waals surface area contributed by atoms with E-state index in [2.05, 4.69) is 10.3 Å². The molecule has 3 aromatic rings. The summed E-state index contributed by atoms with van der Waals surface area (Å²) in [6.45, 7) is 4.02. The van der Waals surface area contributed by atoms with Crippen LogP contribution in [0.2, 0.25) is 0 Å². The molecule has 0 aliphatic rings. The highest BCUT2D eigenvalue weighted by Gasteiger charge is 2.21. The lowest BCUT2D eigenvalue weighted by atomic mass is 10.1. The number of carbonyl (C=O) groups is 1. The second kappa shape index (κ2) is 8.57. The number of aromatic nitrogens is 1. The van der Waals surface area contributed by atoms with Gasteiger partial charge in [-0.3, -0.25) is 4.79 Å². The van der Waals surface area contributed by atoms with Crippen molar-refractivity contribution in [2.75, 3.05) is 29.2 Å². The first-order chi connectivity index (χ1) is 13.5. The van der Waals surface area contributed by atoms with Gasteiger partial charge in [0, 0.05) is 43.4 Å². The Kier molecular flexibility index (Phi) is 5.94. The smallest absolute Gasteiger partial charge is 0.260 e. The molecule has 0 aliphatic carbocycles. The fraction of sp³-hybridized carbons (Fsp3) is 0.217. The second-order valence-corrected chi connectivity index (χ2v) is 7.11. The number of hydrogen-bond acceptors (Lipinski definition) is 4. The van der Waals surface area contributed by atoms with Crippen molar-refractivity contribution in [3.8, 4) is 0 Å². The van der Waals surface area contributed by atoms with E-state index >= 15 is 0 Å². The van der Waals surface area contributed by atoms with Crippen molar-refractivity contribution in [2.24, 2.45) is 0 Å². The zero-order valence-corrected chi connectivity index (χ0v) is 16.8. The molecular weight excluding hydrogens is 348 g/mol. The highest BCUT2D eigenvalue weighted by molar-refractivity contribution is 6.06. The SMILES string of the molecule is CC(C)N(C(=O)c1ccc(N(C)C)nc1)c1ccc(Nc2ccccc2)cc1. The van der Waals surface area contributed by atoms with E-state index in [0.29, 0.717) is 5.56 Å². The molecule has 1 amide bonds. The Labute approximate surface area is 166 Å². The first kappa shape index (κ1) is 19.4. The maximum Gasteiger partial charge on any atom is 0.260 e. The number of rotatable bonds is 6. The summed E-state index contributed by atoms with van der Waals surface area (Å²) in [4.78, 5) is 21.2. The van der Waals surface area contributed by atoms with Gasteiger partial charge in [0.1, 0.15) is 5.82 Å². The first-order valence-corrected chi connectivity index (χ1v) is 9.35. The Morgan fingerprint density at radius 2 is 1.54 bits per heavy atom. The Hall–Kier alpha value is -3.34. The van der Waals surface area contributed by atoms with Crippen molar-refractivity contribution < 1.29 is 4.79 Å². The average molecular weight is 374 g/mol. The van der Waals surface area contributed by atoms with Gasteiger partial charge in [-0.25, -0.2) is 4.98 Å². The Bertz CT molecular complexity index is 904. The Balaban J connectivity index is 1.80. The van der Waals surface area contributed by atoms with E-state index in [0.717, 1.165) is 22.9 Å². The molecule has 5 heteroatoms. The lowest BCUT2D eigenvalue weighted by Crippen LogP contribution is -2.37. The largest absolute Gasteiger partial charge is 0.363 e. The number of benzene rings is 2. The number of hydrogen-bond donors (Lipinski definition) is 1. The third-order valence-electron chi connectivity index (χ3n) is 4.40. The van der Waals surface area contributed by atoms with Crippen molar-refractivity contribution in [1.29, 1.82) is 0 Å². The number of nitrogens with zero attached hydrogens (tertiary/aromatic N) is 3. The molecule has 1 aromatic heterocycles. The van der Waals surface area contributed by atoms with E-state index in [9.17, 15) is 4.79 Å². The fourth-order valence-corrected chi connectivity index (χ4v) is 2.96. The van der Waals surface area contributed by atoms with Crippen LogP contribution in [0, 0.1) is 0 Å². The first-order valence-electron chi connectivity index (χ1n) is 9.35. The molecule has 0 saturated heterocycles. The Morgan fingerprint density at radius 1 is 0.893 bits per heavy atom. The number of amides is 1. The fourth-order valence-electron chi connectivity index (χ4n) is 2.96. The number of nitrogens with one attached hydrogen (secondary N) is 1. The molecule has 0 unspecified atom stereocenters. The Morgan fingerprint density at radius 3 is 2.07 bits per heavy atom. The second-order valence-electron chi connectivity index (χ2n) is 7.11. The van der Waals surface area contributed by atoms with Crippen molar-refractivity contribution in [3.63, 3.8) is 0 Å². The van der Waals surface area contributed by atoms with Gasteiger partial charge < -0.3 is 15.1 Å². The summed E-state index contributed by atoms with van der Waals surface area (Å²) in [6, 6.07) is 21.6. The van der Waals surface area contributed by atoms with Crippen LogP contribution >= 0.6 is 0 Å². The van der Waals surface area contributed by atoms with Gasteiger partial charge in [-0.15, -0.1) is 0 Å². The molecule has 1 N–H and O–H groups in total. The molecular formula is C23H26N4O. The van der Waals surface area contributed by atoms with Gasteiger partial charge in [0.2, 0.25) is 0 Å². The third kappa shape index (κ3) is 4.49. The zero-order valence-electron chi connectivity index (χ0n) is 16.8. The maximum atomic E-state index is 13.1. The molecule has 0 atom stereocenters. The minimum absolute atomic E-state index is 0.0222. The standard InChI is InChI=1S/C23H26N4O/c1-17(2)27(23(28)18-10-15-22(24-16-18)26(3)4)21-13-11-20(12-14-21)25-19-8-6-5-7-9-19/h5-17,25H,1-4H3. The van der Waals surface area contributed by atoms with Crippen LogP contribution in [0.15, 0.2) is 72.9 Å². The van der Waals surface area contributed by atoms with Crippen LogP contribution in [0.1, 0.15) is 24.2 Å². The summed E-state index contributed by atoms with van der Waals surface area (Å²) >= 11 is 0. The highest BCUT2D eigenvalue weighted by Crippen LogP contribution is 2.24. The van der Waals surface area contributed by atoms with Crippen LogP contribution in [-0.4, -0.2) is 31.0 Å². The van der Waals surface area contributed by atoms with Crippen molar-refractivity contribution in [1.82, 2.24) is 4.98 Å². The monoisotopic (exact) mass is 374 g/mol. The van der Waals surface area contributed by atoms with Gasteiger partial charge in [0.25, 0.3) is 5.91 Å². The average Bonchev–Trinajstić information content (AvgIpc) is 2.70. The summed E-state index contributed by atoms with van der Waals surface area (Å²) in [5.74, 6) is 0.764. The van der Waals surface area contributed by atoms with Gasteiger partial charge in [0.05, 0.1) is 5.56 Å². The maximum absolute atomic E-state index is 13.1. The van der Waals surface area contributed by atoms with Gasteiger partial charge in [0.15, 0.2) is 0 Å². The molecule has 0 fully saturated rings. The quantitative estimate of drug-likeness (QED) is 0.663. The predicted octanol–water partition coefficient (Wildman–Crippen LogP) is 4.95. The van der Waals surface area contributed by atoms with Crippen LogP contribution in [0.3, 0.4) is 0 Å². The van der Waals surface area contributed by atoms with E-state index in [-0.39, 0.29) is 11.9 Å². The molecule has 0 radical (unpaired) electrons. The predicted molar refractivity (Wildman–Crippen MR) is 117 cm³/mol. The molecule has 28 heavy (non-hydrogen) atoms. The molecule has 0 aliphatic heterocycles. The molecule has 144 valence electrons. The minimum Gasteiger partial charge on any atom is -0.363 e. The van der Waals surface area contributed by atoms with Crippen molar-refractivity contribution >= 4 is 28.8 Å². The zero-order chi connectivity index (χ0) is 20.1. The van der Waals surface area contributed by atoms with E-state index < -0.39 is 0 Å².